The summed E-state index contributed by atoms with van der Waals surface area (Å²) in [4.78, 5) is 7.18. The van der Waals surface area contributed by atoms with E-state index in [1.807, 2.05) is 6.20 Å². The van der Waals surface area contributed by atoms with Crippen molar-refractivity contribution in [2.24, 2.45) is 5.41 Å². The van der Waals surface area contributed by atoms with Crippen molar-refractivity contribution in [2.75, 3.05) is 26.2 Å². The maximum Gasteiger partial charge on any atom is 0.123 e. The highest BCUT2D eigenvalue weighted by atomic mass is 15.2. The number of rotatable bonds is 4. The molecule has 1 aromatic heterocycles. The molecule has 2 fully saturated rings. The number of hydrogen-bond donors (Lipinski definition) is 1. The molecule has 4 heteroatoms. The van der Waals surface area contributed by atoms with Crippen LogP contribution in [0.2, 0.25) is 0 Å². The summed E-state index contributed by atoms with van der Waals surface area (Å²) >= 11 is 0. The predicted octanol–water partition coefficient (Wildman–Crippen LogP) is 2.12. The summed E-state index contributed by atoms with van der Waals surface area (Å²) in [5, 5.41) is 3.53. The summed E-state index contributed by atoms with van der Waals surface area (Å²) in [5.41, 5.74) is 1.87. The van der Waals surface area contributed by atoms with Crippen molar-refractivity contribution < 1.29 is 0 Å². The first-order chi connectivity index (χ1) is 10.8. The summed E-state index contributed by atoms with van der Waals surface area (Å²) in [7, 11) is 0. The van der Waals surface area contributed by atoms with Gasteiger partial charge in [-0.1, -0.05) is 30.3 Å². The summed E-state index contributed by atoms with van der Waals surface area (Å²) in [5.74, 6) is 1.19. The van der Waals surface area contributed by atoms with Gasteiger partial charge in [0, 0.05) is 32.0 Å². The summed E-state index contributed by atoms with van der Waals surface area (Å²) < 4.78 is 2.28. The third kappa shape index (κ3) is 2.81. The van der Waals surface area contributed by atoms with Crippen LogP contribution in [0.4, 0.5) is 0 Å². The quantitative estimate of drug-likeness (QED) is 0.938. The second-order valence-electron chi connectivity index (χ2n) is 6.84. The van der Waals surface area contributed by atoms with Crippen molar-refractivity contribution in [1.29, 1.82) is 0 Å². The zero-order valence-corrected chi connectivity index (χ0v) is 13.0. The van der Waals surface area contributed by atoms with Gasteiger partial charge in [0.25, 0.3) is 0 Å². The van der Waals surface area contributed by atoms with Gasteiger partial charge in [0.15, 0.2) is 0 Å². The van der Waals surface area contributed by atoms with Crippen molar-refractivity contribution in [3.05, 3.63) is 54.1 Å². The summed E-state index contributed by atoms with van der Waals surface area (Å²) in [6, 6.07) is 10.6. The molecule has 2 aliphatic heterocycles. The average molecular weight is 296 g/mol. The molecular formula is C18H24N4. The first-order valence-corrected chi connectivity index (χ1v) is 8.30. The van der Waals surface area contributed by atoms with Crippen molar-refractivity contribution in [2.45, 2.75) is 25.9 Å². The number of benzene rings is 1. The molecule has 0 aliphatic carbocycles. The van der Waals surface area contributed by atoms with Crippen LogP contribution in [0.5, 0.6) is 0 Å². The van der Waals surface area contributed by atoms with E-state index in [0.717, 1.165) is 13.1 Å². The molecule has 4 rings (SSSR count). The van der Waals surface area contributed by atoms with Crippen LogP contribution in [0.15, 0.2) is 42.7 Å². The Morgan fingerprint density at radius 1 is 1.14 bits per heavy atom. The lowest BCUT2D eigenvalue weighted by molar-refractivity contribution is 0.261. The Balaban J connectivity index is 1.43. The largest absolute Gasteiger partial charge is 0.329 e. The third-order valence-electron chi connectivity index (χ3n) is 5.21. The topological polar surface area (TPSA) is 33.1 Å². The Morgan fingerprint density at radius 3 is 2.86 bits per heavy atom. The van der Waals surface area contributed by atoms with Crippen LogP contribution in [-0.4, -0.2) is 40.6 Å². The van der Waals surface area contributed by atoms with Gasteiger partial charge in [0.05, 0.1) is 6.54 Å². The lowest BCUT2D eigenvalue weighted by atomic mass is 9.87. The van der Waals surface area contributed by atoms with E-state index in [1.165, 1.54) is 50.4 Å². The van der Waals surface area contributed by atoms with E-state index in [4.69, 9.17) is 0 Å². The minimum atomic E-state index is 0.539. The fourth-order valence-electron chi connectivity index (χ4n) is 3.92. The fourth-order valence-corrected chi connectivity index (χ4v) is 3.92. The molecule has 3 heterocycles. The van der Waals surface area contributed by atoms with Gasteiger partial charge < -0.3 is 9.88 Å². The first-order valence-electron chi connectivity index (χ1n) is 8.30. The molecule has 0 bridgehead atoms. The normalized spacial score (nSPS) is 25.3. The molecule has 1 unspecified atom stereocenters. The second kappa shape index (κ2) is 5.86. The van der Waals surface area contributed by atoms with Gasteiger partial charge in [-0.2, -0.15) is 0 Å². The van der Waals surface area contributed by atoms with Gasteiger partial charge in [0.1, 0.15) is 5.82 Å². The number of nitrogens with one attached hydrogen (secondary N) is 1. The van der Waals surface area contributed by atoms with Gasteiger partial charge in [-0.15, -0.1) is 0 Å². The number of imidazole rings is 1. The van der Waals surface area contributed by atoms with E-state index in [1.54, 1.807) is 0 Å². The number of likely N-dealkylation sites (tertiary alicyclic amines) is 1. The van der Waals surface area contributed by atoms with Gasteiger partial charge in [0.2, 0.25) is 0 Å². The van der Waals surface area contributed by atoms with Crippen molar-refractivity contribution in [3.63, 3.8) is 0 Å². The zero-order valence-electron chi connectivity index (χ0n) is 13.0. The van der Waals surface area contributed by atoms with E-state index in [2.05, 4.69) is 56.3 Å². The van der Waals surface area contributed by atoms with E-state index in [9.17, 15) is 0 Å². The average Bonchev–Trinajstić information content (AvgIpc) is 3.26. The number of nitrogens with zero attached hydrogens (tertiary/aromatic N) is 3. The third-order valence-corrected chi connectivity index (χ3v) is 5.21. The van der Waals surface area contributed by atoms with Crippen LogP contribution in [-0.2, 0) is 13.1 Å². The Hall–Kier alpha value is -1.65. The highest BCUT2D eigenvalue weighted by Gasteiger charge is 2.40. The Bertz CT molecular complexity index is 613. The fraction of sp³-hybridized carbons (Fsp3) is 0.500. The molecule has 1 N–H and O–H groups in total. The molecule has 116 valence electrons. The van der Waals surface area contributed by atoms with E-state index < -0.39 is 0 Å². The monoisotopic (exact) mass is 296 g/mol. The van der Waals surface area contributed by atoms with E-state index in [0.29, 0.717) is 5.41 Å². The van der Waals surface area contributed by atoms with Crippen LogP contribution >= 0.6 is 0 Å². The molecule has 1 aromatic carbocycles. The molecular weight excluding hydrogens is 272 g/mol. The highest BCUT2D eigenvalue weighted by Crippen LogP contribution is 2.36. The molecule has 0 radical (unpaired) electrons. The maximum atomic E-state index is 4.60. The highest BCUT2D eigenvalue weighted by molar-refractivity contribution is 5.16. The molecule has 2 aromatic rings. The SMILES string of the molecule is c1ccc(Cn2ccnc2CN2CCC3(CCNC3)C2)cc1. The van der Waals surface area contributed by atoms with Crippen LogP contribution < -0.4 is 5.32 Å². The lowest BCUT2D eigenvalue weighted by Gasteiger charge is -2.22. The second-order valence-corrected chi connectivity index (χ2v) is 6.84. The molecule has 4 nitrogen and oxygen atoms in total. The number of aromatic nitrogens is 2. The van der Waals surface area contributed by atoms with Crippen LogP contribution in [0.1, 0.15) is 24.2 Å². The molecule has 1 atom stereocenters. The maximum absolute atomic E-state index is 4.60. The van der Waals surface area contributed by atoms with Crippen LogP contribution in [0.3, 0.4) is 0 Å². The van der Waals surface area contributed by atoms with E-state index >= 15 is 0 Å². The minimum Gasteiger partial charge on any atom is -0.329 e. The van der Waals surface area contributed by atoms with Crippen molar-refractivity contribution in [1.82, 2.24) is 19.8 Å². The van der Waals surface area contributed by atoms with Crippen molar-refractivity contribution >= 4 is 0 Å². The molecule has 22 heavy (non-hydrogen) atoms. The van der Waals surface area contributed by atoms with Crippen molar-refractivity contribution in [3.8, 4) is 0 Å². The van der Waals surface area contributed by atoms with Gasteiger partial charge in [-0.3, -0.25) is 4.90 Å². The van der Waals surface area contributed by atoms with Crippen LogP contribution in [0.25, 0.3) is 0 Å². The Morgan fingerprint density at radius 2 is 2.05 bits per heavy atom. The molecule has 2 aliphatic rings. The zero-order chi connectivity index (χ0) is 14.8. The predicted molar refractivity (Wildman–Crippen MR) is 87.6 cm³/mol. The Kier molecular flexibility index (Phi) is 3.72. The first kappa shape index (κ1) is 14.0. The molecule has 2 saturated heterocycles. The standard InChI is InChI=1S/C18H24N4/c1-2-4-16(5-3-1)12-22-11-9-20-17(22)13-21-10-7-18(15-21)6-8-19-14-18/h1-5,9,11,19H,6-8,10,12-15H2. The van der Waals surface area contributed by atoms with Gasteiger partial charge in [-0.25, -0.2) is 4.98 Å². The smallest absolute Gasteiger partial charge is 0.123 e. The molecule has 1 spiro atoms. The van der Waals surface area contributed by atoms with E-state index in [-0.39, 0.29) is 0 Å². The summed E-state index contributed by atoms with van der Waals surface area (Å²) in [6.07, 6.45) is 6.70. The Labute approximate surface area is 132 Å². The summed E-state index contributed by atoms with van der Waals surface area (Å²) in [6.45, 7) is 6.70. The lowest BCUT2D eigenvalue weighted by Crippen LogP contribution is -2.29. The van der Waals surface area contributed by atoms with Gasteiger partial charge >= 0.3 is 0 Å². The minimum absolute atomic E-state index is 0.539. The molecule has 0 amide bonds. The molecule has 0 saturated carbocycles. The van der Waals surface area contributed by atoms with Crippen LogP contribution in [0, 0.1) is 5.41 Å². The van der Waals surface area contributed by atoms with Gasteiger partial charge in [-0.05, 0) is 36.9 Å². The number of hydrogen-bond acceptors (Lipinski definition) is 3.